The van der Waals surface area contributed by atoms with E-state index in [0.717, 1.165) is 6.92 Å². The fourth-order valence-electron chi connectivity index (χ4n) is 1.54. The Kier molecular flexibility index (Phi) is 7.95. The molecule has 0 bridgehead atoms. The molecule has 20 heavy (non-hydrogen) atoms. The largest absolute Gasteiger partial charge is 0.480 e. The van der Waals surface area contributed by atoms with Gasteiger partial charge in [-0.25, -0.2) is 4.79 Å². The maximum atomic E-state index is 11.8. The number of amides is 1. The van der Waals surface area contributed by atoms with Crippen molar-refractivity contribution in [1.82, 2.24) is 5.32 Å². The number of hydrogen-bond acceptors (Lipinski definition) is 6. The van der Waals surface area contributed by atoms with Gasteiger partial charge in [0.25, 0.3) is 0 Å². The topological polar surface area (TPSA) is 119 Å². The summed E-state index contributed by atoms with van der Waals surface area (Å²) in [6.07, 6.45) is -0.482. The standard InChI is InChI=1S/C12H19NO7/c1-4-19-9(15)6-8(12(18)20-5-2)10(11(16)17)13-7(3)14/h8,10H,4-6H2,1-3H3,(H,13,14)(H,16,17)/t8-,10+/m1/s1. The molecule has 0 aliphatic rings. The van der Waals surface area contributed by atoms with Crippen LogP contribution in [-0.2, 0) is 28.7 Å². The number of esters is 2. The molecular weight excluding hydrogens is 270 g/mol. The second-order valence-electron chi connectivity index (χ2n) is 3.88. The Balaban J connectivity index is 5.13. The number of rotatable bonds is 8. The summed E-state index contributed by atoms with van der Waals surface area (Å²) in [5.41, 5.74) is 0. The molecule has 0 spiro atoms. The molecule has 0 rings (SSSR count). The van der Waals surface area contributed by atoms with Crippen molar-refractivity contribution in [1.29, 1.82) is 0 Å². The van der Waals surface area contributed by atoms with Crippen LogP contribution in [0.1, 0.15) is 27.2 Å². The maximum Gasteiger partial charge on any atom is 0.327 e. The zero-order valence-corrected chi connectivity index (χ0v) is 11.7. The van der Waals surface area contributed by atoms with Crippen molar-refractivity contribution < 1.29 is 33.8 Å². The van der Waals surface area contributed by atoms with Gasteiger partial charge in [-0.2, -0.15) is 0 Å². The molecular formula is C12H19NO7. The van der Waals surface area contributed by atoms with Gasteiger partial charge in [0.05, 0.1) is 25.6 Å². The molecule has 2 N–H and O–H groups in total. The third kappa shape index (κ3) is 6.17. The lowest BCUT2D eigenvalue weighted by molar-refractivity contribution is -0.160. The van der Waals surface area contributed by atoms with E-state index < -0.39 is 42.2 Å². The average Bonchev–Trinajstić information content (AvgIpc) is 2.33. The molecule has 2 atom stereocenters. The Labute approximate surface area is 116 Å². The Morgan fingerprint density at radius 1 is 1.10 bits per heavy atom. The number of hydrogen-bond donors (Lipinski definition) is 2. The molecule has 0 aliphatic heterocycles. The van der Waals surface area contributed by atoms with E-state index in [0.29, 0.717) is 0 Å². The zero-order valence-electron chi connectivity index (χ0n) is 11.7. The van der Waals surface area contributed by atoms with Crippen LogP contribution in [0.15, 0.2) is 0 Å². The lowest BCUT2D eigenvalue weighted by Crippen LogP contribution is -2.49. The zero-order chi connectivity index (χ0) is 15.7. The van der Waals surface area contributed by atoms with E-state index in [1.54, 1.807) is 13.8 Å². The molecule has 0 saturated carbocycles. The first kappa shape index (κ1) is 17.9. The van der Waals surface area contributed by atoms with Gasteiger partial charge in [0, 0.05) is 6.92 Å². The highest BCUT2D eigenvalue weighted by Gasteiger charge is 2.37. The molecule has 0 saturated heterocycles. The summed E-state index contributed by atoms with van der Waals surface area (Å²) >= 11 is 0. The normalized spacial score (nSPS) is 12.9. The smallest absolute Gasteiger partial charge is 0.327 e. The highest BCUT2D eigenvalue weighted by atomic mass is 16.5. The molecule has 0 aliphatic carbocycles. The molecule has 0 radical (unpaired) electrons. The van der Waals surface area contributed by atoms with Gasteiger partial charge >= 0.3 is 17.9 Å². The van der Waals surface area contributed by atoms with Gasteiger partial charge in [0.2, 0.25) is 5.91 Å². The monoisotopic (exact) mass is 289 g/mol. The lowest BCUT2D eigenvalue weighted by atomic mass is 9.96. The Morgan fingerprint density at radius 3 is 2.05 bits per heavy atom. The van der Waals surface area contributed by atoms with Crippen LogP contribution < -0.4 is 5.32 Å². The van der Waals surface area contributed by atoms with Gasteiger partial charge in [0.1, 0.15) is 6.04 Å². The van der Waals surface area contributed by atoms with Crippen LogP contribution in [0, 0.1) is 5.92 Å². The first-order valence-electron chi connectivity index (χ1n) is 6.15. The number of carbonyl (C=O) groups excluding carboxylic acids is 3. The first-order chi connectivity index (χ1) is 9.33. The minimum absolute atomic E-state index is 0.0323. The molecule has 8 heteroatoms. The van der Waals surface area contributed by atoms with Crippen molar-refractivity contribution >= 4 is 23.8 Å². The Hall–Kier alpha value is -2.12. The highest BCUT2D eigenvalue weighted by molar-refractivity contribution is 5.90. The van der Waals surface area contributed by atoms with Gasteiger partial charge in [-0.15, -0.1) is 0 Å². The number of carbonyl (C=O) groups is 4. The van der Waals surface area contributed by atoms with Crippen molar-refractivity contribution in [3.63, 3.8) is 0 Å². The average molecular weight is 289 g/mol. The van der Waals surface area contributed by atoms with Crippen molar-refractivity contribution in [2.75, 3.05) is 13.2 Å². The first-order valence-corrected chi connectivity index (χ1v) is 6.15. The number of aliphatic carboxylic acids is 1. The van der Waals surface area contributed by atoms with Crippen LogP contribution in [0.5, 0.6) is 0 Å². The van der Waals surface area contributed by atoms with Crippen LogP contribution in [-0.4, -0.2) is 48.2 Å². The summed E-state index contributed by atoms with van der Waals surface area (Å²) in [6, 6.07) is -1.55. The minimum Gasteiger partial charge on any atom is -0.480 e. The lowest BCUT2D eigenvalue weighted by Gasteiger charge is -2.22. The molecule has 114 valence electrons. The van der Waals surface area contributed by atoms with Gasteiger partial charge < -0.3 is 19.9 Å². The quantitative estimate of drug-likeness (QED) is 0.589. The second kappa shape index (κ2) is 8.89. The summed E-state index contributed by atoms with van der Waals surface area (Å²) in [7, 11) is 0. The fraction of sp³-hybridized carbons (Fsp3) is 0.667. The van der Waals surface area contributed by atoms with E-state index >= 15 is 0 Å². The van der Waals surface area contributed by atoms with E-state index in [9.17, 15) is 19.2 Å². The second-order valence-corrected chi connectivity index (χ2v) is 3.88. The van der Waals surface area contributed by atoms with E-state index in [4.69, 9.17) is 9.84 Å². The van der Waals surface area contributed by atoms with Crippen molar-refractivity contribution in [2.24, 2.45) is 5.92 Å². The van der Waals surface area contributed by atoms with E-state index in [-0.39, 0.29) is 13.2 Å². The Bertz CT molecular complexity index is 380. The van der Waals surface area contributed by atoms with Gasteiger partial charge in [0.15, 0.2) is 0 Å². The predicted octanol–water partition coefficient (Wildman–Crippen LogP) is -0.292. The minimum atomic E-state index is -1.55. The van der Waals surface area contributed by atoms with Gasteiger partial charge in [-0.1, -0.05) is 0 Å². The molecule has 8 nitrogen and oxygen atoms in total. The van der Waals surface area contributed by atoms with Gasteiger partial charge in [-0.05, 0) is 13.8 Å². The van der Waals surface area contributed by atoms with Crippen LogP contribution in [0.2, 0.25) is 0 Å². The molecule has 0 unspecified atom stereocenters. The Morgan fingerprint density at radius 2 is 1.65 bits per heavy atom. The van der Waals surface area contributed by atoms with Crippen LogP contribution in [0.3, 0.4) is 0 Å². The summed E-state index contributed by atoms with van der Waals surface area (Å²) in [5.74, 6) is -5.00. The van der Waals surface area contributed by atoms with E-state index in [2.05, 4.69) is 10.1 Å². The summed E-state index contributed by atoms with van der Waals surface area (Å²) in [5, 5.41) is 11.2. The van der Waals surface area contributed by atoms with Crippen LogP contribution in [0.25, 0.3) is 0 Å². The fourth-order valence-corrected chi connectivity index (χ4v) is 1.54. The number of nitrogens with one attached hydrogen (secondary N) is 1. The summed E-state index contributed by atoms with van der Waals surface area (Å²) in [6.45, 7) is 4.38. The SMILES string of the molecule is CCOC(=O)C[C@@H](C(=O)OCC)[C@H](NC(C)=O)C(=O)O. The molecule has 0 aromatic carbocycles. The molecule has 0 fully saturated rings. The van der Waals surface area contributed by atoms with E-state index in [1.807, 2.05) is 0 Å². The molecule has 0 aromatic rings. The molecule has 0 aromatic heterocycles. The predicted molar refractivity (Wildman–Crippen MR) is 66.6 cm³/mol. The molecule has 0 heterocycles. The summed E-state index contributed by atoms with van der Waals surface area (Å²) < 4.78 is 9.42. The van der Waals surface area contributed by atoms with Crippen molar-refractivity contribution in [3.8, 4) is 0 Å². The highest BCUT2D eigenvalue weighted by Crippen LogP contribution is 2.14. The molecule has 1 amide bonds. The number of carboxylic acids is 1. The number of ether oxygens (including phenoxy) is 2. The number of carboxylic acid groups (broad SMARTS) is 1. The van der Waals surface area contributed by atoms with E-state index in [1.165, 1.54) is 0 Å². The third-order valence-electron chi connectivity index (χ3n) is 2.31. The maximum absolute atomic E-state index is 11.8. The summed E-state index contributed by atoms with van der Waals surface area (Å²) in [4.78, 5) is 45.4. The van der Waals surface area contributed by atoms with Crippen LogP contribution >= 0.6 is 0 Å². The van der Waals surface area contributed by atoms with Crippen molar-refractivity contribution in [3.05, 3.63) is 0 Å². The van der Waals surface area contributed by atoms with Crippen molar-refractivity contribution in [2.45, 2.75) is 33.2 Å². The van der Waals surface area contributed by atoms with Crippen LogP contribution in [0.4, 0.5) is 0 Å². The third-order valence-corrected chi connectivity index (χ3v) is 2.31. The van der Waals surface area contributed by atoms with Gasteiger partial charge in [-0.3, -0.25) is 14.4 Å².